The molecule has 3 nitrogen and oxygen atoms in total. The molecule has 2 N–H and O–H groups in total. The molecule has 0 aliphatic carbocycles. The average molecular weight is 275 g/mol. The summed E-state index contributed by atoms with van der Waals surface area (Å²) < 4.78 is 5.15. The number of aliphatic hydroxyl groups excluding tert-OH is 1. The molecule has 0 spiro atoms. The van der Waals surface area contributed by atoms with Crippen molar-refractivity contribution in [3.05, 3.63) is 27.2 Å². The van der Waals surface area contributed by atoms with Crippen molar-refractivity contribution < 1.29 is 5.11 Å². The lowest BCUT2D eigenvalue weighted by Gasteiger charge is -2.17. The third-order valence-electron chi connectivity index (χ3n) is 2.12. The molecular formula is C9H11BrN2OS. The maximum Gasteiger partial charge on any atom is 0.0848 e. The summed E-state index contributed by atoms with van der Waals surface area (Å²) in [5, 5.41) is 12.6. The summed E-state index contributed by atoms with van der Waals surface area (Å²) in [6.07, 6.45) is 4.27. The van der Waals surface area contributed by atoms with E-state index in [1.807, 2.05) is 12.3 Å². The van der Waals surface area contributed by atoms with Gasteiger partial charge in [0.25, 0.3) is 0 Å². The molecule has 0 bridgehead atoms. The van der Waals surface area contributed by atoms with E-state index in [0.29, 0.717) is 6.54 Å². The van der Waals surface area contributed by atoms with E-state index in [0.717, 1.165) is 17.4 Å². The first-order valence-electron chi connectivity index (χ1n) is 4.43. The van der Waals surface area contributed by atoms with Gasteiger partial charge in [-0.25, -0.2) is 0 Å². The number of rotatable bonds is 2. The Labute approximate surface area is 95.1 Å². The molecule has 5 heteroatoms. The van der Waals surface area contributed by atoms with Gasteiger partial charge in [0.05, 0.1) is 16.8 Å². The summed E-state index contributed by atoms with van der Waals surface area (Å²) in [5.74, 6) is 0. The quantitative estimate of drug-likeness (QED) is 0.801. The Balaban J connectivity index is 2.07. The lowest BCUT2D eigenvalue weighted by atomic mass is 10.1. The monoisotopic (exact) mass is 274 g/mol. The lowest BCUT2D eigenvalue weighted by molar-refractivity contribution is 0.213. The van der Waals surface area contributed by atoms with Crippen LogP contribution in [0.5, 0.6) is 0 Å². The van der Waals surface area contributed by atoms with Crippen LogP contribution >= 0.6 is 27.5 Å². The average Bonchev–Trinajstić information content (AvgIpc) is 2.52. The van der Waals surface area contributed by atoms with E-state index in [9.17, 15) is 5.11 Å². The number of nitrogens with zero attached hydrogens (tertiary/aromatic N) is 1. The molecule has 2 heterocycles. The summed E-state index contributed by atoms with van der Waals surface area (Å²) in [6, 6.07) is 0. The van der Waals surface area contributed by atoms with E-state index < -0.39 is 0 Å². The molecule has 0 amide bonds. The number of nitrogens with one attached hydrogen (secondary N) is 1. The van der Waals surface area contributed by atoms with Crippen LogP contribution in [0.1, 0.15) is 4.88 Å². The summed E-state index contributed by atoms with van der Waals surface area (Å²) in [5.41, 5.74) is 1.23. The molecule has 1 unspecified atom stereocenters. The van der Waals surface area contributed by atoms with Crippen molar-refractivity contribution in [2.45, 2.75) is 12.5 Å². The van der Waals surface area contributed by atoms with Gasteiger partial charge in [0.15, 0.2) is 0 Å². The van der Waals surface area contributed by atoms with Crippen molar-refractivity contribution in [3.63, 3.8) is 0 Å². The van der Waals surface area contributed by atoms with Gasteiger partial charge < -0.3 is 10.4 Å². The van der Waals surface area contributed by atoms with Crippen LogP contribution in [0.25, 0.3) is 0 Å². The zero-order chi connectivity index (χ0) is 9.97. The maximum atomic E-state index is 9.41. The fraction of sp³-hybridized carbons (Fsp3) is 0.444. The SMILES string of the molecule is OC1C=C(Cc2sncc2Br)CNC1. The van der Waals surface area contributed by atoms with Crippen LogP contribution in [0.3, 0.4) is 0 Å². The molecule has 1 aromatic rings. The minimum Gasteiger partial charge on any atom is -0.388 e. The molecule has 0 radical (unpaired) electrons. The normalized spacial score (nSPS) is 22.1. The van der Waals surface area contributed by atoms with Gasteiger partial charge in [-0.3, -0.25) is 0 Å². The molecule has 0 saturated carbocycles. The molecule has 2 rings (SSSR count). The first-order valence-corrected chi connectivity index (χ1v) is 6.00. The number of hydrogen-bond acceptors (Lipinski definition) is 4. The molecule has 0 aromatic carbocycles. The van der Waals surface area contributed by atoms with Gasteiger partial charge in [0.2, 0.25) is 0 Å². The predicted molar refractivity (Wildman–Crippen MR) is 60.5 cm³/mol. The molecule has 1 aliphatic rings. The Morgan fingerprint density at radius 1 is 1.71 bits per heavy atom. The predicted octanol–water partition coefficient (Wildman–Crippen LogP) is 1.34. The molecule has 76 valence electrons. The second-order valence-corrected chi connectivity index (χ2v) is 5.04. The lowest BCUT2D eigenvalue weighted by Crippen LogP contribution is -2.32. The van der Waals surface area contributed by atoms with Crippen molar-refractivity contribution in [2.24, 2.45) is 0 Å². The third kappa shape index (κ3) is 2.42. The van der Waals surface area contributed by atoms with Gasteiger partial charge in [-0.2, -0.15) is 4.37 Å². The summed E-state index contributed by atoms with van der Waals surface area (Å²) in [7, 11) is 0. The van der Waals surface area contributed by atoms with Crippen molar-refractivity contribution in [3.8, 4) is 0 Å². The Morgan fingerprint density at radius 2 is 2.57 bits per heavy atom. The molecule has 0 saturated heterocycles. The van der Waals surface area contributed by atoms with Crippen LogP contribution in [0, 0.1) is 0 Å². The van der Waals surface area contributed by atoms with Crippen LogP contribution in [-0.2, 0) is 6.42 Å². The van der Waals surface area contributed by atoms with E-state index >= 15 is 0 Å². The summed E-state index contributed by atoms with van der Waals surface area (Å²) >= 11 is 4.94. The standard InChI is InChI=1S/C9H11BrN2OS/c10-8-5-12-14-9(8)2-6-1-7(13)4-11-3-6/h1,5,7,11,13H,2-4H2. The van der Waals surface area contributed by atoms with E-state index in [1.165, 1.54) is 22.0 Å². The first kappa shape index (κ1) is 10.3. The summed E-state index contributed by atoms with van der Waals surface area (Å²) in [4.78, 5) is 1.21. The largest absolute Gasteiger partial charge is 0.388 e. The first-order chi connectivity index (χ1) is 6.75. The highest BCUT2D eigenvalue weighted by Gasteiger charge is 2.12. The van der Waals surface area contributed by atoms with Gasteiger partial charge in [0.1, 0.15) is 0 Å². The second kappa shape index (κ2) is 4.53. The molecular weight excluding hydrogens is 264 g/mol. The maximum absolute atomic E-state index is 9.41. The molecule has 0 fully saturated rings. The van der Waals surface area contributed by atoms with E-state index in [1.54, 1.807) is 0 Å². The van der Waals surface area contributed by atoms with Crippen LogP contribution in [0.4, 0.5) is 0 Å². The fourth-order valence-corrected chi connectivity index (χ4v) is 2.74. The van der Waals surface area contributed by atoms with E-state index in [-0.39, 0.29) is 6.10 Å². The summed E-state index contributed by atoms with van der Waals surface area (Å²) in [6.45, 7) is 1.52. The minimum absolute atomic E-state index is 0.342. The highest BCUT2D eigenvalue weighted by atomic mass is 79.9. The Bertz CT molecular complexity index is 350. The van der Waals surface area contributed by atoms with Crippen molar-refractivity contribution in [1.82, 2.24) is 9.69 Å². The van der Waals surface area contributed by atoms with Gasteiger partial charge in [-0.05, 0) is 27.5 Å². The number of β-amino-alcohol motifs (C(OH)–C–C–N with tert-alkyl or cyclic N) is 1. The van der Waals surface area contributed by atoms with Crippen molar-refractivity contribution in [1.29, 1.82) is 0 Å². The number of aliphatic hydroxyl groups is 1. The van der Waals surface area contributed by atoms with Crippen molar-refractivity contribution in [2.75, 3.05) is 13.1 Å². The van der Waals surface area contributed by atoms with Gasteiger partial charge >= 0.3 is 0 Å². The van der Waals surface area contributed by atoms with Gasteiger partial charge in [0, 0.05) is 24.4 Å². The zero-order valence-electron chi connectivity index (χ0n) is 7.53. The Morgan fingerprint density at radius 3 is 3.21 bits per heavy atom. The minimum atomic E-state index is -0.342. The highest BCUT2D eigenvalue weighted by molar-refractivity contribution is 9.10. The highest BCUT2D eigenvalue weighted by Crippen LogP contribution is 2.23. The topological polar surface area (TPSA) is 45.2 Å². The number of halogens is 1. The molecule has 1 atom stereocenters. The number of aromatic nitrogens is 1. The smallest absolute Gasteiger partial charge is 0.0848 e. The van der Waals surface area contributed by atoms with Crippen molar-refractivity contribution >= 4 is 27.5 Å². The Hall–Kier alpha value is -0.230. The van der Waals surface area contributed by atoms with Crippen LogP contribution in [0.2, 0.25) is 0 Å². The van der Waals surface area contributed by atoms with E-state index in [2.05, 4.69) is 25.6 Å². The molecule has 1 aromatic heterocycles. The number of hydrogen-bond donors (Lipinski definition) is 2. The van der Waals surface area contributed by atoms with E-state index in [4.69, 9.17) is 0 Å². The van der Waals surface area contributed by atoms with Gasteiger partial charge in [-0.1, -0.05) is 11.6 Å². The van der Waals surface area contributed by atoms with Gasteiger partial charge in [-0.15, -0.1) is 0 Å². The third-order valence-corrected chi connectivity index (χ3v) is 3.86. The zero-order valence-corrected chi connectivity index (χ0v) is 9.94. The molecule has 1 aliphatic heterocycles. The van der Waals surface area contributed by atoms with Crippen LogP contribution in [0.15, 0.2) is 22.3 Å². The fourth-order valence-electron chi connectivity index (χ4n) is 1.47. The second-order valence-electron chi connectivity index (χ2n) is 3.30. The van der Waals surface area contributed by atoms with Crippen LogP contribution < -0.4 is 5.32 Å². The van der Waals surface area contributed by atoms with Crippen LogP contribution in [-0.4, -0.2) is 28.7 Å². The molecule has 14 heavy (non-hydrogen) atoms. The Kier molecular flexibility index (Phi) is 3.33.